The summed E-state index contributed by atoms with van der Waals surface area (Å²) in [7, 11) is 0. The van der Waals surface area contributed by atoms with Gasteiger partial charge in [0.1, 0.15) is 0 Å². The third kappa shape index (κ3) is 3.74. The fraction of sp³-hybridized carbons (Fsp3) is 0.158. The van der Waals surface area contributed by atoms with E-state index >= 15 is 0 Å². The first kappa shape index (κ1) is 16.5. The highest BCUT2D eigenvalue weighted by molar-refractivity contribution is 9.10. The van der Waals surface area contributed by atoms with Crippen molar-refractivity contribution in [1.29, 1.82) is 0 Å². The monoisotopic (exact) mass is 383 g/mol. The van der Waals surface area contributed by atoms with E-state index in [0.717, 1.165) is 15.6 Å². The summed E-state index contributed by atoms with van der Waals surface area (Å²) in [6.45, 7) is 4.63. The smallest absolute Gasteiger partial charge is 0.257 e. The minimum Gasteiger partial charge on any atom is -0.304 e. The maximum Gasteiger partial charge on any atom is 0.257 e. The summed E-state index contributed by atoms with van der Waals surface area (Å²) in [6, 6.07) is 15.8. The van der Waals surface area contributed by atoms with Crippen LogP contribution < -0.4 is 5.32 Å². The molecule has 0 aliphatic rings. The van der Waals surface area contributed by atoms with Crippen LogP contribution in [0.3, 0.4) is 0 Å². The Bertz CT molecular complexity index is 869. The molecule has 0 unspecified atom stereocenters. The van der Waals surface area contributed by atoms with Gasteiger partial charge in [-0.1, -0.05) is 48.0 Å². The van der Waals surface area contributed by atoms with Gasteiger partial charge >= 0.3 is 0 Å². The van der Waals surface area contributed by atoms with E-state index < -0.39 is 0 Å². The van der Waals surface area contributed by atoms with Gasteiger partial charge in [-0.3, -0.25) is 9.48 Å². The molecule has 0 aliphatic heterocycles. The van der Waals surface area contributed by atoms with Crippen LogP contribution in [0.5, 0.6) is 0 Å². The number of amides is 1. The number of rotatable bonds is 4. The van der Waals surface area contributed by atoms with Crippen molar-refractivity contribution in [2.24, 2.45) is 0 Å². The van der Waals surface area contributed by atoms with E-state index in [0.29, 0.717) is 17.9 Å². The van der Waals surface area contributed by atoms with Gasteiger partial charge in [0.15, 0.2) is 5.82 Å². The van der Waals surface area contributed by atoms with Crippen molar-refractivity contribution in [3.63, 3.8) is 0 Å². The van der Waals surface area contributed by atoms with Crippen molar-refractivity contribution in [2.75, 3.05) is 5.32 Å². The van der Waals surface area contributed by atoms with Crippen molar-refractivity contribution in [3.05, 3.63) is 81.5 Å². The summed E-state index contributed by atoms with van der Waals surface area (Å²) in [5, 5.41) is 7.33. The van der Waals surface area contributed by atoms with E-state index in [1.807, 2.05) is 42.1 Å². The van der Waals surface area contributed by atoms with Gasteiger partial charge in [-0.25, -0.2) is 0 Å². The Hall–Kier alpha value is -2.40. The summed E-state index contributed by atoms with van der Waals surface area (Å²) in [4.78, 5) is 12.4. The van der Waals surface area contributed by atoms with Crippen LogP contribution in [0.4, 0.5) is 5.82 Å². The lowest BCUT2D eigenvalue weighted by molar-refractivity contribution is 0.102. The lowest BCUT2D eigenvalue weighted by Gasteiger charge is -2.06. The number of carbonyl (C=O) groups is 1. The molecule has 24 heavy (non-hydrogen) atoms. The summed E-state index contributed by atoms with van der Waals surface area (Å²) >= 11 is 3.46. The predicted octanol–water partition coefficient (Wildman–Crippen LogP) is 4.56. The number of nitrogens with one attached hydrogen (secondary N) is 1. The van der Waals surface area contributed by atoms with Crippen molar-refractivity contribution in [2.45, 2.75) is 20.4 Å². The first-order valence-corrected chi connectivity index (χ1v) is 8.48. The number of hydrogen-bond acceptors (Lipinski definition) is 2. The number of halogens is 1. The molecule has 1 amide bonds. The van der Waals surface area contributed by atoms with Gasteiger partial charge < -0.3 is 5.32 Å². The average molecular weight is 384 g/mol. The molecule has 3 aromatic rings. The van der Waals surface area contributed by atoms with Gasteiger partial charge in [0.05, 0.1) is 11.0 Å². The van der Waals surface area contributed by atoms with Crippen molar-refractivity contribution in [1.82, 2.24) is 9.78 Å². The molecule has 0 fully saturated rings. The molecule has 3 rings (SSSR count). The third-order valence-electron chi connectivity index (χ3n) is 3.80. The molecule has 0 bridgehead atoms. The van der Waals surface area contributed by atoms with Gasteiger partial charge in [0.2, 0.25) is 0 Å². The van der Waals surface area contributed by atoms with E-state index in [2.05, 4.69) is 57.5 Å². The molecule has 1 aromatic heterocycles. The Morgan fingerprint density at radius 1 is 1.12 bits per heavy atom. The topological polar surface area (TPSA) is 46.9 Å². The first-order valence-electron chi connectivity index (χ1n) is 7.68. The Labute approximate surface area is 149 Å². The second-order valence-corrected chi connectivity index (χ2v) is 6.63. The number of carbonyl (C=O) groups excluding carboxylic acids is 1. The van der Waals surface area contributed by atoms with Crippen LogP contribution >= 0.6 is 15.9 Å². The summed E-state index contributed by atoms with van der Waals surface area (Å²) < 4.78 is 2.57. The Morgan fingerprint density at radius 2 is 1.83 bits per heavy atom. The van der Waals surface area contributed by atoms with Gasteiger partial charge in [0, 0.05) is 11.8 Å². The number of hydrogen-bond donors (Lipinski definition) is 1. The highest BCUT2D eigenvalue weighted by atomic mass is 79.9. The van der Waals surface area contributed by atoms with Gasteiger partial charge in [0.25, 0.3) is 5.91 Å². The quantitative estimate of drug-likeness (QED) is 0.717. The van der Waals surface area contributed by atoms with Crippen molar-refractivity contribution in [3.8, 4) is 0 Å². The normalized spacial score (nSPS) is 10.6. The van der Waals surface area contributed by atoms with E-state index in [9.17, 15) is 4.79 Å². The van der Waals surface area contributed by atoms with E-state index in [-0.39, 0.29) is 5.91 Å². The van der Waals surface area contributed by atoms with Gasteiger partial charge in [-0.15, -0.1) is 0 Å². The maximum atomic E-state index is 12.4. The molecule has 0 aliphatic carbocycles. The Morgan fingerprint density at radius 3 is 2.54 bits per heavy atom. The largest absolute Gasteiger partial charge is 0.304 e. The predicted molar refractivity (Wildman–Crippen MR) is 99.3 cm³/mol. The Kier molecular flexibility index (Phi) is 4.81. The highest BCUT2D eigenvalue weighted by Crippen LogP contribution is 2.22. The van der Waals surface area contributed by atoms with Gasteiger partial charge in [-0.2, -0.15) is 5.10 Å². The SMILES string of the molecule is Cc1ccc(Cn2cc(Br)c(NC(=O)c3ccccc3C)n2)cc1. The number of aromatic nitrogens is 2. The molecule has 0 atom stereocenters. The zero-order valence-electron chi connectivity index (χ0n) is 13.6. The molecular formula is C19H18BrN3O. The molecule has 0 saturated carbocycles. The maximum absolute atomic E-state index is 12.4. The fourth-order valence-corrected chi connectivity index (χ4v) is 2.86. The highest BCUT2D eigenvalue weighted by Gasteiger charge is 2.13. The molecule has 5 heteroatoms. The lowest BCUT2D eigenvalue weighted by atomic mass is 10.1. The number of anilines is 1. The average Bonchev–Trinajstić information content (AvgIpc) is 2.89. The lowest BCUT2D eigenvalue weighted by Crippen LogP contribution is -2.14. The molecule has 4 nitrogen and oxygen atoms in total. The van der Waals surface area contributed by atoms with E-state index in [1.54, 1.807) is 0 Å². The van der Waals surface area contributed by atoms with Crippen LogP contribution in [0.1, 0.15) is 27.0 Å². The van der Waals surface area contributed by atoms with Gasteiger partial charge in [-0.05, 0) is 47.0 Å². The Balaban J connectivity index is 1.75. The molecular weight excluding hydrogens is 366 g/mol. The fourth-order valence-electron chi connectivity index (χ4n) is 2.45. The van der Waals surface area contributed by atoms with E-state index in [4.69, 9.17) is 0 Å². The van der Waals surface area contributed by atoms with Crippen LogP contribution in [-0.4, -0.2) is 15.7 Å². The van der Waals surface area contributed by atoms with Crippen LogP contribution in [0.15, 0.2) is 59.2 Å². The van der Waals surface area contributed by atoms with Crippen LogP contribution in [0, 0.1) is 13.8 Å². The number of aryl methyl sites for hydroxylation is 2. The molecule has 1 N–H and O–H groups in total. The number of benzene rings is 2. The molecule has 1 heterocycles. The molecule has 2 aromatic carbocycles. The zero-order chi connectivity index (χ0) is 17.1. The minimum atomic E-state index is -0.158. The molecule has 0 saturated heterocycles. The standard InChI is InChI=1S/C19H18BrN3O/c1-13-7-9-15(10-8-13)11-23-12-17(20)18(22-23)21-19(24)16-6-4-3-5-14(16)2/h3-10,12H,11H2,1-2H3,(H,21,22,24). The van der Waals surface area contributed by atoms with Crippen molar-refractivity contribution >= 4 is 27.7 Å². The third-order valence-corrected chi connectivity index (χ3v) is 4.38. The molecule has 0 spiro atoms. The number of nitrogens with zero attached hydrogens (tertiary/aromatic N) is 2. The molecule has 0 radical (unpaired) electrons. The van der Waals surface area contributed by atoms with E-state index in [1.165, 1.54) is 5.56 Å². The van der Waals surface area contributed by atoms with Crippen LogP contribution in [0.2, 0.25) is 0 Å². The van der Waals surface area contributed by atoms with Crippen molar-refractivity contribution < 1.29 is 4.79 Å². The summed E-state index contributed by atoms with van der Waals surface area (Å²) in [6.07, 6.45) is 1.87. The summed E-state index contributed by atoms with van der Waals surface area (Å²) in [5.74, 6) is 0.366. The minimum absolute atomic E-state index is 0.158. The second kappa shape index (κ2) is 7.01. The van der Waals surface area contributed by atoms with Crippen LogP contribution in [-0.2, 0) is 6.54 Å². The zero-order valence-corrected chi connectivity index (χ0v) is 15.2. The first-order chi connectivity index (χ1) is 11.5. The molecule has 122 valence electrons. The summed E-state index contributed by atoms with van der Waals surface area (Å²) in [5.41, 5.74) is 3.97. The second-order valence-electron chi connectivity index (χ2n) is 5.78. The van der Waals surface area contributed by atoms with Crippen LogP contribution in [0.25, 0.3) is 0 Å².